The minimum atomic E-state index is 0.531. The first-order valence-electron chi connectivity index (χ1n) is 7.25. The van der Waals surface area contributed by atoms with Crippen LogP contribution in [0.5, 0.6) is 11.5 Å². The molecule has 124 valence electrons. The first-order valence-corrected chi connectivity index (χ1v) is 8.39. The van der Waals surface area contributed by atoms with Gasteiger partial charge in [0.05, 0.1) is 23.8 Å². The zero-order valence-corrected chi connectivity index (χ0v) is 15.0. The number of hydrogen-bond donors (Lipinski definition) is 1. The smallest absolute Gasteiger partial charge is 0.137 e. The maximum Gasteiger partial charge on any atom is 0.137 e. The maximum absolute atomic E-state index is 6.08. The molecule has 0 amide bonds. The van der Waals surface area contributed by atoms with Crippen LogP contribution < -0.4 is 14.8 Å². The van der Waals surface area contributed by atoms with Gasteiger partial charge in [-0.1, -0.05) is 34.8 Å². The molecule has 0 aromatic heterocycles. The zero-order chi connectivity index (χ0) is 16.7. The van der Waals surface area contributed by atoms with Crippen molar-refractivity contribution in [1.82, 2.24) is 0 Å². The van der Waals surface area contributed by atoms with E-state index in [0.29, 0.717) is 33.2 Å². The summed E-state index contributed by atoms with van der Waals surface area (Å²) >= 11 is 18.0. The van der Waals surface area contributed by atoms with Crippen LogP contribution in [0.2, 0.25) is 15.1 Å². The maximum atomic E-state index is 6.08. The molecule has 0 aliphatic heterocycles. The van der Waals surface area contributed by atoms with E-state index >= 15 is 0 Å². The molecule has 0 atom stereocenters. The molecule has 0 unspecified atom stereocenters. The normalized spacial score (nSPS) is 10.4. The number of halogens is 3. The number of unbranched alkanes of at least 4 members (excludes halogenated alkanes) is 1. The fourth-order valence-corrected chi connectivity index (χ4v) is 2.73. The van der Waals surface area contributed by atoms with Crippen molar-refractivity contribution >= 4 is 40.5 Å². The molecule has 0 saturated heterocycles. The SMILES string of the molecule is COc1ccc(NCCCCOc2ccc(Cl)cc2Cl)cc1Cl. The summed E-state index contributed by atoms with van der Waals surface area (Å²) in [5, 5.41) is 5.04. The average Bonchev–Trinajstić information content (AvgIpc) is 2.52. The van der Waals surface area contributed by atoms with E-state index < -0.39 is 0 Å². The van der Waals surface area contributed by atoms with Crippen LogP contribution in [0.25, 0.3) is 0 Å². The molecule has 0 aliphatic rings. The predicted molar refractivity (Wildman–Crippen MR) is 97.7 cm³/mol. The van der Waals surface area contributed by atoms with Crippen LogP contribution in [0.15, 0.2) is 36.4 Å². The second kappa shape index (κ2) is 9.11. The third kappa shape index (κ3) is 5.69. The molecular formula is C17H18Cl3NO2. The highest BCUT2D eigenvalue weighted by Crippen LogP contribution is 2.28. The molecule has 23 heavy (non-hydrogen) atoms. The third-order valence-corrected chi connectivity index (χ3v) is 4.03. The van der Waals surface area contributed by atoms with Gasteiger partial charge in [0, 0.05) is 17.3 Å². The Balaban J connectivity index is 1.67. The first kappa shape index (κ1) is 18.1. The van der Waals surface area contributed by atoms with Crippen molar-refractivity contribution in [2.24, 2.45) is 0 Å². The van der Waals surface area contributed by atoms with Gasteiger partial charge in [0.25, 0.3) is 0 Å². The van der Waals surface area contributed by atoms with Crippen molar-refractivity contribution in [3.8, 4) is 11.5 Å². The number of rotatable bonds is 8. The Morgan fingerprint density at radius 1 is 0.913 bits per heavy atom. The standard InChI is InChI=1S/C17H18Cl3NO2/c1-22-16-7-5-13(11-15(16)20)21-8-2-3-9-23-17-6-4-12(18)10-14(17)19/h4-7,10-11,21H,2-3,8-9H2,1H3. The lowest BCUT2D eigenvalue weighted by atomic mass is 10.2. The van der Waals surface area contributed by atoms with Crippen LogP contribution in [0, 0.1) is 0 Å². The Bertz CT molecular complexity index is 650. The van der Waals surface area contributed by atoms with Crippen molar-refractivity contribution in [3.05, 3.63) is 51.5 Å². The van der Waals surface area contributed by atoms with Gasteiger partial charge in [0.15, 0.2) is 0 Å². The number of nitrogens with one attached hydrogen (secondary N) is 1. The Morgan fingerprint density at radius 3 is 2.35 bits per heavy atom. The summed E-state index contributed by atoms with van der Waals surface area (Å²) in [6.45, 7) is 1.44. The summed E-state index contributed by atoms with van der Waals surface area (Å²) in [7, 11) is 1.60. The molecule has 0 heterocycles. The van der Waals surface area contributed by atoms with E-state index in [0.717, 1.165) is 25.1 Å². The van der Waals surface area contributed by atoms with E-state index in [2.05, 4.69) is 5.32 Å². The van der Waals surface area contributed by atoms with Gasteiger partial charge in [-0.05, 0) is 49.2 Å². The Morgan fingerprint density at radius 2 is 1.65 bits per heavy atom. The molecule has 1 N–H and O–H groups in total. The second-order valence-electron chi connectivity index (χ2n) is 4.91. The number of methoxy groups -OCH3 is 1. The molecule has 0 bridgehead atoms. The highest BCUT2D eigenvalue weighted by molar-refractivity contribution is 6.35. The zero-order valence-electron chi connectivity index (χ0n) is 12.7. The lowest BCUT2D eigenvalue weighted by molar-refractivity contribution is 0.308. The topological polar surface area (TPSA) is 30.5 Å². The highest BCUT2D eigenvalue weighted by atomic mass is 35.5. The molecule has 2 aromatic rings. The molecular weight excluding hydrogens is 357 g/mol. The van der Waals surface area contributed by atoms with E-state index in [4.69, 9.17) is 44.3 Å². The van der Waals surface area contributed by atoms with Crippen LogP contribution in [0.1, 0.15) is 12.8 Å². The van der Waals surface area contributed by atoms with Crippen LogP contribution >= 0.6 is 34.8 Å². The number of benzene rings is 2. The Hall–Kier alpha value is -1.29. The minimum absolute atomic E-state index is 0.531. The number of hydrogen-bond acceptors (Lipinski definition) is 3. The van der Waals surface area contributed by atoms with E-state index in [9.17, 15) is 0 Å². The molecule has 3 nitrogen and oxygen atoms in total. The summed E-state index contributed by atoms with van der Waals surface area (Å²) in [4.78, 5) is 0. The van der Waals surface area contributed by atoms with Gasteiger partial charge in [0.2, 0.25) is 0 Å². The fraction of sp³-hybridized carbons (Fsp3) is 0.294. The van der Waals surface area contributed by atoms with Gasteiger partial charge in [-0.3, -0.25) is 0 Å². The van der Waals surface area contributed by atoms with Gasteiger partial charge in [-0.2, -0.15) is 0 Å². The summed E-state index contributed by atoms with van der Waals surface area (Å²) < 4.78 is 10.8. The second-order valence-corrected chi connectivity index (χ2v) is 6.16. The van der Waals surface area contributed by atoms with Crippen molar-refractivity contribution in [1.29, 1.82) is 0 Å². The average molecular weight is 375 g/mol. The quantitative estimate of drug-likeness (QED) is 0.581. The van der Waals surface area contributed by atoms with Gasteiger partial charge in [0.1, 0.15) is 11.5 Å². The summed E-state index contributed by atoms with van der Waals surface area (Å²) in [5.74, 6) is 1.33. The number of ether oxygens (including phenoxy) is 2. The largest absolute Gasteiger partial charge is 0.495 e. The van der Waals surface area contributed by atoms with Gasteiger partial charge in [-0.25, -0.2) is 0 Å². The van der Waals surface area contributed by atoms with Gasteiger partial charge in [-0.15, -0.1) is 0 Å². The molecule has 0 aliphatic carbocycles. The lowest BCUT2D eigenvalue weighted by Gasteiger charge is -2.10. The summed E-state index contributed by atoms with van der Waals surface area (Å²) in [6, 6.07) is 10.9. The predicted octanol–water partition coefficient (Wildman–Crippen LogP) is 5.93. The monoisotopic (exact) mass is 373 g/mol. The minimum Gasteiger partial charge on any atom is -0.495 e. The van der Waals surface area contributed by atoms with Crippen LogP contribution in [-0.4, -0.2) is 20.3 Å². The summed E-state index contributed by atoms with van der Waals surface area (Å²) in [6.07, 6.45) is 1.88. The van der Waals surface area contributed by atoms with E-state index in [1.165, 1.54) is 0 Å². The Kier molecular flexibility index (Phi) is 7.15. The number of anilines is 1. The molecule has 2 rings (SSSR count). The van der Waals surface area contributed by atoms with Crippen molar-refractivity contribution in [3.63, 3.8) is 0 Å². The fourth-order valence-electron chi connectivity index (χ4n) is 2.01. The van der Waals surface area contributed by atoms with Crippen LogP contribution in [0.4, 0.5) is 5.69 Å². The van der Waals surface area contributed by atoms with E-state index in [1.807, 2.05) is 18.2 Å². The molecule has 0 saturated carbocycles. The first-order chi connectivity index (χ1) is 11.1. The van der Waals surface area contributed by atoms with E-state index in [1.54, 1.807) is 25.3 Å². The van der Waals surface area contributed by atoms with Crippen molar-refractivity contribution < 1.29 is 9.47 Å². The van der Waals surface area contributed by atoms with Crippen LogP contribution in [0.3, 0.4) is 0 Å². The van der Waals surface area contributed by atoms with Crippen LogP contribution in [-0.2, 0) is 0 Å². The molecule has 0 fully saturated rings. The molecule has 6 heteroatoms. The molecule has 0 spiro atoms. The Labute approximate surface area is 151 Å². The van der Waals surface area contributed by atoms with Gasteiger partial charge < -0.3 is 14.8 Å². The van der Waals surface area contributed by atoms with Gasteiger partial charge >= 0.3 is 0 Å². The van der Waals surface area contributed by atoms with Crippen molar-refractivity contribution in [2.45, 2.75) is 12.8 Å². The van der Waals surface area contributed by atoms with E-state index in [-0.39, 0.29) is 0 Å². The molecule has 2 aromatic carbocycles. The lowest BCUT2D eigenvalue weighted by Crippen LogP contribution is -2.05. The molecule has 0 radical (unpaired) electrons. The highest BCUT2D eigenvalue weighted by Gasteiger charge is 2.03. The summed E-state index contributed by atoms with van der Waals surface area (Å²) in [5.41, 5.74) is 0.970. The third-order valence-electron chi connectivity index (χ3n) is 3.20. The van der Waals surface area contributed by atoms with Crippen molar-refractivity contribution in [2.75, 3.05) is 25.6 Å².